The fourth-order valence-corrected chi connectivity index (χ4v) is 2.15. The lowest BCUT2D eigenvalue weighted by Crippen LogP contribution is -2.19. The van der Waals surface area contributed by atoms with Crippen LogP contribution < -0.4 is 10.9 Å². The standard InChI is InChI=1S/C14H14N6O3/c1-8-9(2)16-14-17-13(18-19(14)12(8)21)15-7-10-4-3-5-11(6-10)20(22)23/h3-6H,7H2,1-2H3,(H2,15,16,17,18). The number of nitrogens with one attached hydrogen (secondary N) is 2. The molecule has 9 heteroatoms. The van der Waals surface area contributed by atoms with Crippen LogP contribution in [0.4, 0.5) is 11.6 Å². The van der Waals surface area contributed by atoms with E-state index in [0.717, 1.165) is 5.56 Å². The Labute approximate surface area is 130 Å². The van der Waals surface area contributed by atoms with Crippen molar-refractivity contribution in [1.29, 1.82) is 0 Å². The number of hydrogen-bond acceptors (Lipinski definition) is 6. The third-order valence-electron chi connectivity index (χ3n) is 3.55. The summed E-state index contributed by atoms with van der Waals surface area (Å²) < 4.78 is 1.26. The number of rotatable bonds is 4. The number of H-pyrrole nitrogens is 1. The zero-order valence-corrected chi connectivity index (χ0v) is 12.5. The van der Waals surface area contributed by atoms with Gasteiger partial charge in [0.15, 0.2) is 0 Å². The van der Waals surface area contributed by atoms with Gasteiger partial charge in [-0.3, -0.25) is 20.0 Å². The van der Waals surface area contributed by atoms with Crippen molar-refractivity contribution in [1.82, 2.24) is 19.6 Å². The zero-order valence-electron chi connectivity index (χ0n) is 12.5. The molecule has 0 radical (unpaired) electrons. The van der Waals surface area contributed by atoms with E-state index < -0.39 is 4.92 Å². The number of nitro benzene ring substituents is 1. The third-order valence-corrected chi connectivity index (χ3v) is 3.55. The van der Waals surface area contributed by atoms with Crippen LogP contribution in [-0.2, 0) is 6.54 Å². The van der Waals surface area contributed by atoms with E-state index >= 15 is 0 Å². The smallest absolute Gasteiger partial charge is 0.277 e. The van der Waals surface area contributed by atoms with Gasteiger partial charge in [-0.15, -0.1) is 0 Å². The molecule has 118 valence electrons. The van der Waals surface area contributed by atoms with E-state index in [9.17, 15) is 14.9 Å². The first-order valence-electron chi connectivity index (χ1n) is 6.89. The Bertz CT molecular complexity index is 959. The summed E-state index contributed by atoms with van der Waals surface area (Å²) in [5, 5.41) is 16.6. The Morgan fingerprint density at radius 3 is 2.87 bits per heavy atom. The van der Waals surface area contributed by atoms with Gasteiger partial charge < -0.3 is 5.32 Å². The largest absolute Gasteiger partial charge is 0.351 e. The van der Waals surface area contributed by atoms with Crippen LogP contribution in [0.1, 0.15) is 16.8 Å². The molecule has 0 bridgehead atoms. The van der Waals surface area contributed by atoms with Crippen LogP contribution in [0.5, 0.6) is 0 Å². The van der Waals surface area contributed by atoms with Crippen LogP contribution in [0, 0.1) is 24.0 Å². The average Bonchev–Trinajstić information content (AvgIpc) is 2.94. The van der Waals surface area contributed by atoms with Crippen LogP contribution in [0.3, 0.4) is 0 Å². The summed E-state index contributed by atoms with van der Waals surface area (Å²) in [4.78, 5) is 30.9. The van der Waals surface area contributed by atoms with Crippen LogP contribution in [-0.4, -0.2) is 24.5 Å². The average molecular weight is 314 g/mol. The lowest BCUT2D eigenvalue weighted by molar-refractivity contribution is -0.384. The molecule has 0 aliphatic heterocycles. The summed E-state index contributed by atoms with van der Waals surface area (Å²) in [6, 6.07) is 6.29. The maximum absolute atomic E-state index is 12.1. The molecule has 0 unspecified atom stereocenters. The van der Waals surface area contributed by atoms with E-state index in [0.29, 0.717) is 23.8 Å². The van der Waals surface area contributed by atoms with Gasteiger partial charge in [-0.25, -0.2) is 4.98 Å². The molecule has 23 heavy (non-hydrogen) atoms. The molecular formula is C14H14N6O3. The van der Waals surface area contributed by atoms with Gasteiger partial charge in [-0.1, -0.05) is 12.1 Å². The fourth-order valence-electron chi connectivity index (χ4n) is 2.15. The van der Waals surface area contributed by atoms with Crippen molar-refractivity contribution in [3.05, 3.63) is 61.6 Å². The third kappa shape index (κ3) is 2.76. The second-order valence-corrected chi connectivity index (χ2v) is 5.12. The van der Waals surface area contributed by atoms with Crippen molar-refractivity contribution >= 4 is 17.4 Å². The van der Waals surface area contributed by atoms with E-state index in [1.807, 2.05) is 0 Å². The van der Waals surface area contributed by atoms with Crippen LogP contribution >= 0.6 is 0 Å². The molecule has 3 aromatic rings. The first-order chi connectivity index (χ1) is 11.0. The zero-order chi connectivity index (χ0) is 16.6. The lowest BCUT2D eigenvalue weighted by Gasteiger charge is -2.02. The van der Waals surface area contributed by atoms with Crippen molar-refractivity contribution < 1.29 is 4.92 Å². The number of non-ortho nitro benzene ring substituents is 1. The van der Waals surface area contributed by atoms with Crippen molar-refractivity contribution in [2.45, 2.75) is 20.4 Å². The summed E-state index contributed by atoms with van der Waals surface area (Å²) in [6.07, 6.45) is 0. The summed E-state index contributed by atoms with van der Waals surface area (Å²) >= 11 is 0. The summed E-state index contributed by atoms with van der Waals surface area (Å²) in [5.74, 6) is 0.644. The quantitative estimate of drug-likeness (QED) is 0.557. The van der Waals surface area contributed by atoms with Crippen molar-refractivity contribution in [2.75, 3.05) is 5.32 Å². The molecule has 2 N–H and O–H groups in total. The summed E-state index contributed by atoms with van der Waals surface area (Å²) in [5.41, 5.74) is 1.73. The van der Waals surface area contributed by atoms with Gasteiger partial charge in [0.05, 0.1) is 4.92 Å². The Balaban J connectivity index is 1.85. The van der Waals surface area contributed by atoms with Crippen molar-refractivity contribution in [3.8, 4) is 0 Å². The number of aryl methyl sites for hydroxylation is 1. The summed E-state index contributed by atoms with van der Waals surface area (Å²) in [7, 11) is 0. The second kappa shape index (κ2) is 5.52. The number of aromatic amines is 1. The van der Waals surface area contributed by atoms with E-state index in [1.54, 1.807) is 26.0 Å². The topological polar surface area (TPSA) is 118 Å². The molecule has 0 fully saturated rings. The van der Waals surface area contributed by atoms with E-state index in [-0.39, 0.29) is 17.0 Å². The molecule has 0 saturated heterocycles. The fraction of sp³-hybridized carbons (Fsp3) is 0.214. The molecule has 2 heterocycles. The van der Waals surface area contributed by atoms with Gasteiger partial charge >= 0.3 is 0 Å². The first kappa shape index (κ1) is 14.7. The normalized spacial score (nSPS) is 10.9. The highest BCUT2D eigenvalue weighted by Crippen LogP contribution is 2.14. The Kier molecular flexibility index (Phi) is 3.53. The molecular weight excluding hydrogens is 300 g/mol. The highest BCUT2D eigenvalue weighted by molar-refractivity contribution is 5.40. The van der Waals surface area contributed by atoms with E-state index in [2.05, 4.69) is 20.4 Å². The van der Waals surface area contributed by atoms with Crippen LogP contribution in [0.2, 0.25) is 0 Å². The SMILES string of the molecule is Cc1nc2nc(NCc3cccc([N+](=O)[O-])c3)[nH]n2c(=O)c1C. The molecule has 1 aromatic carbocycles. The minimum atomic E-state index is -0.445. The van der Waals surface area contributed by atoms with Gasteiger partial charge in [0.2, 0.25) is 5.95 Å². The monoisotopic (exact) mass is 314 g/mol. The number of aromatic nitrogens is 4. The highest BCUT2D eigenvalue weighted by atomic mass is 16.6. The Hall–Kier alpha value is -3.23. The molecule has 0 aliphatic rings. The lowest BCUT2D eigenvalue weighted by atomic mass is 10.2. The number of hydrogen-bond donors (Lipinski definition) is 2. The van der Waals surface area contributed by atoms with Crippen molar-refractivity contribution in [2.24, 2.45) is 0 Å². The first-order valence-corrected chi connectivity index (χ1v) is 6.89. The minimum Gasteiger partial charge on any atom is -0.351 e. The minimum absolute atomic E-state index is 0.0260. The molecule has 0 aliphatic carbocycles. The number of nitro groups is 1. The van der Waals surface area contributed by atoms with Gasteiger partial charge in [0.1, 0.15) is 0 Å². The molecule has 0 saturated carbocycles. The molecule has 0 atom stereocenters. The van der Waals surface area contributed by atoms with E-state index in [1.165, 1.54) is 16.6 Å². The van der Waals surface area contributed by atoms with Crippen molar-refractivity contribution in [3.63, 3.8) is 0 Å². The van der Waals surface area contributed by atoms with Gasteiger partial charge in [-0.2, -0.15) is 9.50 Å². The van der Waals surface area contributed by atoms with E-state index in [4.69, 9.17) is 0 Å². The number of fused-ring (bicyclic) bond motifs is 1. The molecule has 9 nitrogen and oxygen atoms in total. The van der Waals surface area contributed by atoms with Gasteiger partial charge in [0.25, 0.3) is 17.0 Å². The maximum Gasteiger partial charge on any atom is 0.277 e. The number of nitrogens with zero attached hydrogens (tertiary/aromatic N) is 4. The Morgan fingerprint density at radius 1 is 1.35 bits per heavy atom. The summed E-state index contributed by atoms with van der Waals surface area (Å²) in [6.45, 7) is 3.78. The molecule has 0 amide bonds. The van der Waals surface area contributed by atoms with Gasteiger partial charge in [-0.05, 0) is 19.4 Å². The predicted octanol–water partition coefficient (Wildman–Crippen LogP) is 1.55. The highest BCUT2D eigenvalue weighted by Gasteiger charge is 2.10. The maximum atomic E-state index is 12.1. The second-order valence-electron chi connectivity index (χ2n) is 5.12. The van der Waals surface area contributed by atoms with Gasteiger partial charge in [0, 0.05) is 29.9 Å². The number of benzene rings is 1. The number of anilines is 1. The molecule has 3 rings (SSSR count). The van der Waals surface area contributed by atoms with Crippen LogP contribution in [0.25, 0.3) is 5.78 Å². The Morgan fingerprint density at radius 2 is 2.13 bits per heavy atom. The molecule has 2 aromatic heterocycles. The predicted molar refractivity (Wildman–Crippen MR) is 83.5 cm³/mol. The molecule has 0 spiro atoms. The van der Waals surface area contributed by atoms with Crippen LogP contribution in [0.15, 0.2) is 29.1 Å².